The third-order valence-electron chi connectivity index (χ3n) is 3.83. The number of methoxy groups -OCH3 is 1. The number of nitrogens with one attached hydrogen (secondary N) is 1. The Labute approximate surface area is 143 Å². The van der Waals surface area contributed by atoms with Crippen LogP contribution in [0.4, 0.5) is 4.79 Å². The second-order valence-electron chi connectivity index (χ2n) is 6.00. The van der Waals surface area contributed by atoms with E-state index in [1.54, 1.807) is 0 Å². The number of ether oxygens (including phenoxy) is 1. The van der Waals surface area contributed by atoms with E-state index in [2.05, 4.69) is 41.3 Å². The van der Waals surface area contributed by atoms with Crippen LogP contribution in [0.25, 0.3) is 0 Å². The zero-order valence-electron chi connectivity index (χ0n) is 15.3. The zero-order chi connectivity index (χ0) is 17.0. The van der Waals surface area contributed by atoms with Gasteiger partial charge in [0.1, 0.15) is 0 Å². The summed E-state index contributed by atoms with van der Waals surface area (Å²) in [5.74, 6) is 0. The van der Waals surface area contributed by atoms with Gasteiger partial charge >= 0.3 is 6.09 Å². The molecule has 0 saturated heterocycles. The third-order valence-corrected chi connectivity index (χ3v) is 3.83. The molecular formula is C20H37NO2. The minimum atomic E-state index is -0.326. The first-order valence-corrected chi connectivity index (χ1v) is 9.43. The Morgan fingerprint density at radius 1 is 0.826 bits per heavy atom. The smallest absolute Gasteiger partial charge is 0.406 e. The monoisotopic (exact) mass is 323 g/mol. The maximum absolute atomic E-state index is 10.8. The van der Waals surface area contributed by atoms with Crippen LogP contribution in [0.2, 0.25) is 0 Å². The number of hydrogen-bond donors (Lipinski definition) is 1. The molecule has 0 aliphatic rings. The molecule has 0 fully saturated rings. The fourth-order valence-electron chi connectivity index (χ4n) is 2.38. The number of rotatable bonds is 15. The summed E-state index contributed by atoms with van der Waals surface area (Å²) in [6, 6.07) is 0. The molecule has 0 saturated carbocycles. The molecular weight excluding hydrogens is 286 g/mol. The first-order valence-electron chi connectivity index (χ1n) is 9.43. The summed E-state index contributed by atoms with van der Waals surface area (Å²) in [4.78, 5) is 10.8. The van der Waals surface area contributed by atoms with Gasteiger partial charge in [0, 0.05) is 6.54 Å². The van der Waals surface area contributed by atoms with E-state index < -0.39 is 0 Å². The van der Waals surface area contributed by atoms with Gasteiger partial charge in [0.25, 0.3) is 0 Å². The van der Waals surface area contributed by atoms with E-state index in [-0.39, 0.29) is 6.09 Å². The molecule has 3 nitrogen and oxygen atoms in total. The molecule has 0 heterocycles. The number of carbonyl (C=O) groups is 1. The van der Waals surface area contributed by atoms with E-state index in [0.29, 0.717) is 0 Å². The van der Waals surface area contributed by atoms with E-state index in [1.165, 1.54) is 71.3 Å². The molecule has 0 aliphatic heterocycles. The van der Waals surface area contributed by atoms with Crippen LogP contribution in [0.1, 0.15) is 84.0 Å². The van der Waals surface area contributed by atoms with Gasteiger partial charge in [-0.05, 0) is 38.5 Å². The van der Waals surface area contributed by atoms with Gasteiger partial charge in [0.2, 0.25) is 0 Å². The summed E-state index contributed by atoms with van der Waals surface area (Å²) in [7, 11) is 1.40. The molecule has 1 amide bonds. The standard InChI is InChI=1S/C20H37NO2/c1-3-4-5-6-7-8-9-10-11-12-13-14-15-16-17-18-19-21-20(22)23-2/h7-8,10-11H,3-6,9,12-19H2,1-2H3,(H,21,22)/b8-7-,11-10-. The summed E-state index contributed by atoms with van der Waals surface area (Å²) < 4.78 is 4.52. The van der Waals surface area contributed by atoms with E-state index >= 15 is 0 Å². The van der Waals surface area contributed by atoms with Crippen LogP contribution in [-0.4, -0.2) is 19.7 Å². The molecule has 0 rings (SSSR count). The molecule has 0 radical (unpaired) electrons. The molecule has 0 aromatic rings. The Morgan fingerprint density at radius 2 is 1.39 bits per heavy atom. The summed E-state index contributed by atoms with van der Waals surface area (Å²) in [6.45, 7) is 2.97. The number of carbonyl (C=O) groups excluding carboxylic acids is 1. The topological polar surface area (TPSA) is 38.3 Å². The molecule has 134 valence electrons. The van der Waals surface area contributed by atoms with Gasteiger partial charge < -0.3 is 10.1 Å². The highest BCUT2D eigenvalue weighted by Crippen LogP contribution is 2.07. The second-order valence-corrected chi connectivity index (χ2v) is 6.00. The lowest BCUT2D eigenvalue weighted by Crippen LogP contribution is -2.23. The molecule has 0 unspecified atom stereocenters. The van der Waals surface area contributed by atoms with Gasteiger partial charge in [-0.3, -0.25) is 0 Å². The Morgan fingerprint density at radius 3 is 2.00 bits per heavy atom. The normalized spacial score (nSPS) is 11.4. The van der Waals surface area contributed by atoms with Crippen LogP contribution in [0.15, 0.2) is 24.3 Å². The fraction of sp³-hybridized carbons (Fsp3) is 0.750. The molecule has 3 heteroatoms. The van der Waals surface area contributed by atoms with Crippen molar-refractivity contribution >= 4 is 6.09 Å². The van der Waals surface area contributed by atoms with Crippen LogP contribution in [0.3, 0.4) is 0 Å². The lowest BCUT2D eigenvalue weighted by molar-refractivity contribution is 0.171. The SMILES string of the molecule is CCCCC/C=C\C/C=C\CCCCCCCCNC(=O)OC. The van der Waals surface area contributed by atoms with Crippen LogP contribution in [0.5, 0.6) is 0 Å². The van der Waals surface area contributed by atoms with E-state index in [1.807, 2.05) is 0 Å². The van der Waals surface area contributed by atoms with Crippen LogP contribution >= 0.6 is 0 Å². The molecule has 23 heavy (non-hydrogen) atoms. The van der Waals surface area contributed by atoms with Crippen molar-refractivity contribution < 1.29 is 9.53 Å². The molecule has 0 spiro atoms. The highest BCUT2D eigenvalue weighted by atomic mass is 16.5. The second kappa shape index (κ2) is 18.8. The Balaban J connectivity index is 3.17. The number of alkyl carbamates (subject to hydrolysis) is 1. The third kappa shape index (κ3) is 18.7. The van der Waals surface area contributed by atoms with Crippen molar-refractivity contribution in [3.63, 3.8) is 0 Å². The molecule has 0 aromatic carbocycles. The quantitative estimate of drug-likeness (QED) is 0.290. The van der Waals surface area contributed by atoms with Crippen molar-refractivity contribution in [2.45, 2.75) is 84.0 Å². The maximum Gasteiger partial charge on any atom is 0.406 e. The molecule has 0 bridgehead atoms. The van der Waals surface area contributed by atoms with Gasteiger partial charge in [-0.1, -0.05) is 69.8 Å². The van der Waals surface area contributed by atoms with Crippen molar-refractivity contribution in [3.05, 3.63) is 24.3 Å². The highest BCUT2D eigenvalue weighted by molar-refractivity contribution is 5.66. The van der Waals surface area contributed by atoms with Gasteiger partial charge in [-0.15, -0.1) is 0 Å². The largest absolute Gasteiger partial charge is 0.453 e. The van der Waals surface area contributed by atoms with Gasteiger partial charge in [0.15, 0.2) is 0 Å². The number of amides is 1. The first-order chi connectivity index (χ1) is 11.3. The minimum absolute atomic E-state index is 0.326. The first kappa shape index (κ1) is 21.8. The maximum atomic E-state index is 10.8. The van der Waals surface area contributed by atoms with Gasteiger partial charge in [-0.2, -0.15) is 0 Å². The van der Waals surface area contributed by atoms with E-state index in [0.717, 1.165) is 19.4 Å². The molecule has 1 N–H and O–H groups in total. The summed E-state index contributed by atoms with van der Waals surface area (Å²) in [5.41, 5.74) is 0. The van der Waals surface area contributed by atoms with E-state index in [4.69, 9.17) is 0 Å². The average Bonchev–Trinajstić information content (AvgIpc) is 2.57. The van der Waals surface area contributed by atoms with E-state index in [9.17, 15) is 4.79 Å². The van der Waals surface area contributed by atoms with Crippen LogP contribution in [-0.2, 0) is 4.74 Å². The number of unbranched alkanes of at least 4 members (excludes halogenated alkanes) is 9. The van der Waals surface area contributed by atoms with Crippen molar-refractivity contribution in [1.29, 1.82) is 0 Å². The zero-order valence-corrected chi connectivity index (χ0v) is 15.3. The fourth-order valence-corrected chi connectivity index (χ4v) is 2.38. The summed E-state index contributed by atoms with van der Waals surface area (Å²) in [6.07, 6.45) is 23.7. The number of hydrogen-bond acceptors (Lipinski definition) is 2. The molecule has 0 aliphatic carbocycles. The predicted octanol–water partition coefficient (Wildman–Crippen LogP) is 6.16. The Bertz CT molecular complexity index is 311. The lowest BCUT2D eigenvalue weighted by atomic mass is 10.1. The summed E-state index contributed by atoms with van der Waals surface area (Å²) >= 11 is 0. The minimum Gasteiger partial charge on any atom is -0.453 e. The average molecular weight is 324 g/mol. The van der Waals surface area contributed by atoms with Crippen LogP contribution in [0, 0.1) is 0 Å². The summed E-state index contributed by atoms with van der Waals surface area (Å²) in [5, 5.41) is 2.71. The van der Waals surface area contributed by atoms with Crippen LogP contribution < -0.4 is 5.32 Å². The van der Waals surface area contributed by atoms with Crippen molar-refractivity contribution in [3.8, 4) is 0 Å². The Hall–Kier alpha value is -1.25. The van der Waals surface area contributed by atoms with Gasteiger partial charge in [0.05, 0.1) is 7.11 Å². The molecule has 0 aromatic heterocycles. The lowest BCUT2D eigenvalue weighted by Gasteiger charge is -2.03. The Kier molecular flexibility index (Phi) is 17.8. The van der Waals surface area contributed by atoms with Crippen molar-refractivity contribution in [1.82, 2.24) is 5.32 Å². The highest BCUT2D eigenvalue weighted by Gasteiger charge is 1.96. The number of allylic oxidation sites excluding steroid dienone is 4. The predicted molar refractivity (Wildman–Crippen MR) is 99.8 cm³/mol. The van der Waals surface area contributed by atoms with Crippen molar-refractivity contribution in [2.24, 2.45) is 0 Å². The van der Waals surface area contributed by atoms with Gasteiger partial charge in [-0.25, -0.2) is 4.79 Å². The molecule has 0 atom stereocenters. The van der Waals surface area contributed by atoms with Crippen molar-refractivity contribution in [2.75, 3.05) is 13.7 Å².